The Balaban J connectivity index is 1.60. The number of likely N-dealkylation sites (N-methyl/N-ethyl adjacent to an activating group) is 1. The minimum absolute atomic E-state index is 0.241. The largest absolute Gasteiger partial charge is 0.329 e. The van der Waals surface area contributed by atoms with Crippen molar-refractivity contribution in [2.75, 3.05) is 13.6 Å². The summed E-state index contributed by atoms with van der Waals surface area (Å²) >= 11 is 1.76. The fraction of sp³-hybridized carbons (Fsp3) is 0.824. The molecule has 0 aliphatic heterocycles. The average Bonchev–Trinajstić information content (AvgIpc) is 2.84. The molecule has 1 aromatic heterocycles. The summed E-state index contributed by atoms with van der Waals surface area (Å²) in [5.41, 5.74) is 7.85. The van der Waals surface area contributed by atoms with E-state index in [9.17, 15) is 0 Å². The first-order chi connectivity index (χ1) is 10.1. The molecule has 3 nitrogen and oxygen atoms in total. The lowest BCUT2D eigenvalue weighted by atomic mass is 9.48. The van der Waals surface area contributed by atoms with Crippen LogP contribution in [0.2, 0.25) is 0 Å². The van der Waals surface area contributed by atoms with E-state index in [1.807, 2.05) is 0 Å². The van der Waals surface area contributed by atoms with E-state index in [1.165, 1.54) is 42.8 Å². The molecule has 4 bridgehead atoms. The van der Waals surface area contributed by atoms with Gasteiger partial charge < -0.3 is 5.73 Å². The van der Waals surface area contributed by atoms with Gasteiger partial charge in [0.25, 0.3) is 0 Å². The van der Waals surface area contributed by atoms with Gasteiger partial charge in [-0.25, -0.2) is 4.98 Å². The van der Waals surface area contributed by atoms with Gasteiger partial charge in [-0.2, -0.15) is 0 Å². The van der Waals surface area contributed by atoms with Crippen LogP contribution >= 0.6 is 11.3 Å². The Bertz CT molecular complexity index is 496. The molecular formula is C17H27N3S. The highest BCUT2D eigenvalue weighted by Crippen LogP contribution is 2.59. The second-order valence-corrected chi connectivity index (χ2v) is 8.78. The first-order valence-electron chi connectivity index (χ1n) is 8.44. The Morgan fingerprint density at radius 1 is 1.24 bits per heavy atom. The molecule has 0 amide bonds. The third-order valence-corrected chi connectivity index (χ3v) is 7.48. The van der Waals surface area contributed by atoms with Crippen LogP contribution in [0, 0.1) is 30.6 Å². The highest BCUT2D eigenvalue weighted by Gasteiger charge is 2.58. The van der Waals surface area contributed by atoms with E-state index < -0.39 is 0 Å². The van der Waals surface area contributed by atoms with Gasteiger partial charge in [-0.3, -0.25) is 4.90 Å². The van der Waals surface area contributed by atoms with Crippen molar-refractivity contribution in [3.63, 3.8) is 0 Å². The highest BCUT2D eigenvalue weighted by molar-refractivity contribution is 7.09. The summed E-state index contributed by atoms with van der Waals surface area (Å²) < 4.78 is 0. The van der Waals surface area contributed by atoms with Crippen molar-refractivity contribution < 1.29 is 0 Å². The number of nitrogens with two attached hydrogens (primary N) is 1. The number of nitrogens with zero attached hydrogens (tertiary/aromatic N) is 2. The van der Waals surface area contributed by atoms with Crippen molar-refractivity contribution >= 4 is 11.3 Å². The van der Waals surface area contributed by atoms with Crippen molar-refractivity contribution in [1.82, 2.24) is 9.88 Å². The number of aromatic nitrogens is 1. The van der Waals surface area contributed by atoms with E-state index in [4.69, 9.17) is 5.73 Å². The fourth-order valence-corrected chi connectivity index (χ4v) is 6.59. The van der Waals surface area contributed by atoms with Crippen molar-refractivity contribution in [2.24, 2.45) is 29.4 Å². The Labute approximate surface area is 131 Å². The third-order valence-electron chi connectivity index (χ3n) is 6.66. The molecule has 4 aliphatic rings. The van der Waals surface area contributed by atoms with E-state index in [2.05, 4.69) is 29.2 Å². The Hall–Kier alpha value is -0.450. The van der Waals surface area contributed by atoms with Crippen LogP contribution in [0.15, 0.2) is 5.38 Å². The maximum absolute atomic E-state index is 6.39. The summed E-state index contributed by atoms with van der Waals surface area (Å²) in [5, 5.41) is 3.39. The van der Waals surface area contributed by atoms with Crippen LogP contribution in [-0.2, 0) is 6.54 Å². The van der Waals surface area contributed by atoms with Crippen LogP contribution in [0.25, 0.3) is 0 Å². The van der Waals surface area contributed by atoms with Crippen LogP contribution < -0.4 is 5.73 Å². The molecule has 0 aromatic carbocycles. The lowest BCUT2D eigenvalue weighted by Gasteiger charge is -2.64. The van der Waals surface area contributed by atoms with Gasteiger partial charge in [-0.1, -0.05) is 0 Å². The Morgan fingerprint density at radius 3 is 2.33 bits per heavy atom. The smallest absolute Gasteiger partial charge is 0.0897 e. The summed E-state index contributed by atoms with van der Waals surface area (Å²) in [4.78, 5) is 7.24. The molecule has 0 atom stereocenters. The Morgan fingerprint density at radius 2 is 1.86 bits per heavy atom. The molecule has 21 heavy (non-hydrogen) atoms. The summed E-state index contributed by atoms with van der Waals surface area (Å²) in [7, 11) is 2.30. The molecule has 0 spiro atoms. The third kappa shape index (κ3) is 2.10. The van der Waals surface area contributed by atoms with Crippen LogP contribution in [-0.4, -0.2) is 29.0 Å². The maximum atomic E-state index is 6.39. The topological polar surface area (TPSA) is 42.2 Å². The number of rotatable bonds is 4. The summed E-state index contributed by atoms with van der Waals surface area (Å²) in [6.07, 6.45) is 7.19. The van der Waals surface area contributed by atoms with E-state index in [-0.39, 0.29) is 5.54 Å². The Kier molecular flexibility index (Phi) is 3.40. The van der Waals surface area contributed by atoms with Gasteiger partial charge in [0.2, 0.25) is 0 Å². The summed E-state index contributed by atoms with van der Waals surface area (Å²) in [6.45, 7) is 3.88. The standard InChI is InChI=1S/C17H27N3S/c1-11-19-16(9-21-11)8-20(2)17(10-18)14-4-12-3-13(6-14)7-15(17)5-12/h9,12-15H,3-8,10,18H2,1-2H3. The zero-order valence-corrected chi connectivity index (χ0v) is 14.0. The predicted molar refractivity (Wildman–Crippen MR) is 87.1 cm³/mol. The van der Waals surface area contributed by atoms with E-state index in [1.54, 1.807) is 11.3 Å². The number of hydrogen-bond acceptors (Lipinski definition) is 4. The molecule has 4 fully saturated rings. The zero-order chi connectivity index (χ0) is 14.6. The SMILES string of the molecule is Cc1nc(CN(C)C2(CN)C3CC4CC(C3)CC2C4)cs1. The number of hydrogen-bond donors (Lipinski definition) is 1. The van der Waals surface area contributed by atoms with E-state index in [0.29, 0.717) is 0 Å². The summed E-state index contributed by atoms with van der Waals surface area (Å²) in [6, 6.07) is 0. The average molecular weight is 305 g/mol. The van der Waals surface area contributed by atoms with Gasteiger partial charge in [0.05, 0.1) is 10.7 Å². The predicted octanol–water partition coefficient (Wildman–Crippen LogP) is 3.04. The van der Waals surface area contributed by atoms with Crippen molar-refractivity contribution in [2.45, 2.75) is 51.1 Å². The van der Waals surface area contributed by atoms with E-state index in [0.717, 1.165) is 36.8 Å². The van der Waals surface area contributed by atoms with Crippen molar-refractivity contribution in [3.8, 4) is 0 Å². The van der Waals surface area contributed by atoms with Crippen molar-refractivity contribution in [3.05, 3.63) is 16.1 Å². The molecule has 116 valence electrons. The van der Waals surface area contributed by atoms with Crippen molar-refractivity contribution in [1.29, 1.82) is 0 Å². The van der Waals surface area contributed by atoms with Crippen LogP contribution in [0.3, 0.4) is 0 Å². The first-order valence-corrected chi connectivity index (χ1v) is 9.32. The highest BCUT2D eigenvalue weighted by atomic mass is 32.1. The molecule has 4 saturated carbocycles. The lowest BCUT2D eigenvalue weighted by Crippen LogP contribution is -2.68. The van der Waals surface area contributed by atoms with Gasteiger partial charge in [0, 0.05) is 24.0 Å². The van der Waals surface area contributed by atoms with Gasteiger partial charge >= 0.3 is 0 Å². The minimum atomic E-state index is 0.241. The number of thiazole rings is 1. The van der Waals surface area contributed by atoms with Gasteiger partial charge in [-0.15, -0.1) is 11.3 Å². The molecule has 4 heteroatoms. The molecule has 1 aromatic rings. The van der Waals surface area contributed by atoms with Gasteiger partial charge in [0.15, 0.2) is 0 Å². The number of aryl methyl sites for hydroxylation is 1. The second kappa shape index (κ2) is 5.04. The normalized spacial score (nSPS) is 41.1. The molecule has 2 N–H and O–H groups in total. The van der Waals surface area contributed by atoms with Gasteiger partial charge in [-0.05, 0) is 69.7 Å². The molecule has 1 heterocycles. The fourth-order valence-electron chi connectivity index (χ4n) is 5.98. The molecular weight excluding hydrogens is 278 g/mol. The first kappa shape index (κ1) is 14.2. The monoisotopic (exact) mass is 305 g/mol. The van der Waals surface area contributed by atoms with Crippen LogP contribution in [0.5, 0.6) is 0 Å². The molecule has 0 unspecified atom stereocenters. The zero-order valence-electron chi connectivity index (χ0n) is 13.2. The molecule has 5 rings (SSSR count). The minimum Gasteiger partial charge on any atom is -0.329 e. The van der Waals surface area contributed by atoms with Crippen LogP contribution in [0.4, 0.5) is 0 Å². The van der Waals surface area contributed by atoms with Crippen LogP contribution in [0.1, 0.15) is 42.8 Å². The molecule has 0 saturated heterocycles. The second-order valence-electron chi connectivity index (χ2n) is 7.71. The quantitative estimate of drug-likeness (QED) is 0.929. The maximum Gasteiger partial charge on any atom is 0.0897 e. The van der Waals surface area contributed by atoms with E-state index >= 15 is 0 Å². The summed E-state index contributed by atoms with van der Waals surface area (Å²) in [5.74, 6) is 3.65. The lowest BCUT2D eigenvalue weighted by molar-refractivity contribution is -0.126. The molecule has 4 aliphatic carbocycles. The van der Waals surface area contributed by atoms with Gasteiger partial charge in [0.1, 0.15) is 0 Å². The molecule has 0 radical (unpaired) electrons.